The van der Waals surface area contributed by atoms with Crippen LogP contribution in [-0.4, -0.2) is 32.5 Å². The minimum absolute atomic E-state index is 0.0593. The van der Waals surface area contributed by atoms with Crippen LogP contribution in [0.15, 0.2) is 30.3 Å². The second-order valence-corrected chi connectivity index (χ2v) is 5.28. The van der Waals surface area contributed by atoms with Gasteiger partial charge in [-0.2, -0.15) is 13.2 Å². The van der Waals surface area contributed by atoms with Crippen molar-refractivity contribution in [1.82, 2.24) is 5.32 Å². The van der Waals surface area contributed by atoms with Gasteiger partial charge in [0.2, 0.25) is 0 Å². The summed E-state index contributed by atoms with van der Waals surface area (Å²) in [5.41, 5.74) is 0.583. The number of alkyl halides is 3. The molecule has 5 heteroatoms. The van der Waals surface area contributed by atoms with Crippen LogP contribution in [0.25, 0.3) is 0 Å². The lowest BCUT2D eigenvalue weighted by Gasteiger charge is -2.34. The molecule has 0 radical (unpaired) electrons. The van der Waals surface area contributed by atoms with E-state index >= 15 is 0 Å². The highest BCUT2D eigenvalue weighted by Crippen LogP contribution is 2.29. The summed E-state index contributed by atoms with van der Waals surface area (Å²) >= 11 is 0. The van der Waals surface area contributed by atoms with Gasteiger partial charge >= 0.3 is 6.18 Å². The maximum atomic E-state index is 12.3. The molecule has 0 heterocycles. The van der Waals surface area contributed by atoms with E-state index in [1.165, 1.54) is 0 Å². The van der Waals surface area contributed by atoms with Gasteiger partial charge in [0.1, 0.15) is 6.61 Å². The van der Waals surface area contributed by atoms with Crippen molar-refractivity contribution in [3.8, 4) is 0 Å². The average molecular weight is 303 g/mol. The average Bonchev–Trinajstić information content (AvgIpc) is 2.45. The molecule has 0 amide bonds. The van der Waals surface area contributed by atoms with Gasteiger partial charge in [-0.05, 0) is 24.9 Å². The Morgan fingerprint density at radius 3 is 2.24 bits per heavy atom. The molecule has 0 bridgehead atoms. The molecule has 1 aromatic rings. The quantitative estimate of drug-likeness (QED) is 0.698. The summed E-state index contributed by atoms with van der Waals surface area (Å²) in [6.45, 7) is 4.35. The fourth-order valence-corrected chi connectivity index (χ4v) is 2.33. The maximum absolute atomic E-state index is 12.3. The standard InChI is InChI=1S/C16H24F3NO/c1-3-10-20-11-15(4-2,12-21-13-16(17,18)19)14-8-6-5-7-9-14/h5-9,20H,3-4,10-13H2,1-2H3. The van der Waals surface area contributed by atoms with Crippen LogP contribution in [0.4, 0.5) is 13.2 Å². The van der Waals surface area contributed by atoms with E-state index in [1.54, 1.807) is 0 Å². The number of hydrogen-bond acceptors (Lipinski definition) is 2. The van der Waals surface area contributed by atoms with Gasteiger partial charge in [0, 0.05) is 12.0 Å². The number of halogens is 3. The normalized spacial score (nSPS) is 14.9. The van der Waals surface area contributed by atoms with Crippen LogP contribution in [-0.2, 0) is 10.2 Å². The summed E-state index contributed by atoms with van der Waals surface area (Å²) in [6.07, 6.45) is -2.59. The van der Waals surface area contributed by atoms with E-state index in [0.29, 0.717) is 13.0 Å². The molecule has 1 unspecified atom stereocenters. The molecule has 1 N–H and O–H groups in total. The van der Waals surface area contributed by atoms with E-state index in [9.17, 15) is 13.2 Å². The smallest absolute Gasteiger partial charge is 0.371 e. The van der Waals surface area contributed by atoms with Crippen LogP contribution in [0, 0.1) is 0 Å². The minimum atomic E-state index is -4.28. The number of rotatable bonds is 9. The number of benzene rings is 1. The Morgan fingerprint density at radius 2 is 1.71 bits per heavy atom. The molecule has 0 fully saturated rings. The van der Waals surface area contributed by atoms with E-state index in [-0.39, 0.29) is 6.61 Å². The van der Waals surface area contributed by atoms with Crippen LogP contribution in [0.1, 0.15) is 32.3 Å². The molecule has 0 spiro atoms. The Hall–Kier alpha value is -1.07. The highest BCUT2D eigenvalue weighted by atomic mass is 19.4. The third-order valence-electron chi connectivity index (χ3n) is 3.60. The molecule has 1 aromatic carbocycles. The summed E-state index contributed by atoms with van der Waals surface area (Å²) in [5.74, 6) is 0. The first-order chi connectivity index (χ1) is 9.93. The van der Waals surface area contributed by atoms with Gasteiger partial charge in [-0.15, -0.1) is 0 Å². The van der Waals surface area contributed by atoms with Crippen molar-refractivity contribution in [3.05, 3.63) is 35.9 Å². The summed E-state index contributed by atoms with van der Waals surface area (Å²) < 4.78 is 41.9. The van der Waals surface area contributed by atoms with Crippen molar-refractivity contribution in [3.63, 3.8) is 0 Å². The molecule has 0 aromatic heterocycles. The van der Waals surface area contributed by atoms with Crippen molar-refractivity contribution < 1.29 is 17.9 Å². The maximum Gasteiger partial charge on any atom is 0.411 e. The zero-order valence-corrected chi connectivity index (χ0v) is 12.7. The minimum Gasteiger partial charge on any atom is -0.371 e. The van der Waals surface area contributed by atoms with Gasteiger partial charge in [-0.1, -0.05) is 44.2 Å². The lowest BCUT2D eigenvalue weighted by Crippen LogP contribution is -2.42. The number of ether oxygens (including phenoxy) is 1. The summed E-state index contributed by atoms with van der Waals surface area (Å²) in [5, 5.41) is 3.31. The predicted octanol–water partition coefficient (Wildman–Crippen LogP) is 3.91. The monoisotopic (exact) mass is 303 g/mol. The fraction of sp³-hybridized carbons (Fsp3) is 0.625. The van der Waals surface area contributed by atoms with Crippen molar-refractivity contribution in [2.24, 2.45) is 0 Å². The Morgan fingerprint density at radius 1 is 1.05 bits per heavy atom. The fourth-order valence-electron chi connectivity index (χ4n) is 2.33. The zero-order chi connectivity index (χ0) is 15.8. The van der Waals surface area contributed by atoms with Crippen molar-refractivity contribution in [2.75, 3.05) is 26.3 Å². The molecule has 2 nitrogen and oxygen atoms in total. The van der Waals surface area contributed by atoms with Crippen LogP contribution in [0.3, 0.4) is 0 Å². The molecule has 0 aliphatic rings. The Bertz CT molecular complexity index is 394. The first kappa shape index (κ1) is 18.0. The highest BCUT2D eigenvalue weighted by Gasteiger charge is 2.33. The van der Waals surface area contributed by atoms with Crippen LogP contribution in [0.2, 0.25) is 0 Å². The summed E-state index contributed by atoms with van der Waals surface area (Å²) in [6, 6.07) is 9.62. The van der Waals surface area contributed by atoms with Crippen molar-refractivity contribution in [2.45, 2.75) is 38.3 Å². The molecule has 0 saturated carbocycles. The van der Waals surface area contributed by atoms with Crippen molar-refractivity contribution in [1.29, 1.82) is 0 Å². The number of nitrogens with one attached hydrogen (secondary N) is 1. The Balaban J connectivity index is 2.81. The third kappa shape index (κ3) is 6.06. The summed E-state index contributed by atoms with van der Waals surface area (Å²) in [7, 11) is 0. The van der Waals surface area contributed by atoms with Gasteiger partial charge < -0.3 is 10.1 Å². The van der Waals surface area contributed by atoms with Gasteiger partial charge in [0.05, 0.1) is 6.61 Å². The topological polar surface area (TPSA) is 21.3 Å². The van der Waals surface area contributed by atoms with Gasteiger partial charge in [-0.25, -0.2) is 0 Å². The Kier molecular flexibility index (Phi) is 7.18. The van der Waals surface area contributed by atoms with Crippen LogP contribution in [0.5, 0.6) is 0 Å². The van der Waals surface area contributed by atoms with Crippen LogP contribution < -0.4 is 5.32 Å². The Labute approximate surface area is 124 Å². The van der Waals surface area contributed by atoms with Crippen molar-refractivity contribution >= 4 is 0 Å². The molecule has 120 valence electrons. The van der Waals surface area contributed by atoms with Crippen LogP contribution >= 0.6 is 0 Å². The first-order valence-corrected chi connectivity index (χ1v) is 7.34. The zero-order valence-electron chi connectivity index (χ0n) is 12.7. The molecule has 0 aliphatic heterocycles. The van der Waals surface area contributed by atoms with E-state index < -0.39 is 18.2 Å². The first-order valence-electron chi connectivity index (χ1n) is 7.34. The second kappa shape index (κ2) is 8.39. The molecular formula is C16H24F3NO. The molecule has 1 rings (SSSR count). The SMILES string of the molecule is CCCNCC(CC)(COCC(F)(F)F)c1ccccc1. The third-order valence-corrected chi connectivity index (χ3v) is 3.60. The van der Waals surface area contributed by atoms with E-state index in [4.69, 9.17) is 4.74 Å². The largest absolute Gasteiger partial charge is 0.411 e. The van der Waals surface area contributed by atoms with E-state index in [0.717, 1.165) is 18.5 Å². The molecule has 1 atom stereocenters. The highest BCUT2D eigenvalue weighted by molar-refractivity contribution is 5.26. The number of hydrogen-bond donors (Lipinski definition) is 1. The molecule has 21 heavy (non-hydrogen) atoms. The lowest BCUT2D eigenvalue weighted by molar-refractivity contribution is -0.177. The van der Waals surface area contributed by atoms with E-state index in [1.807, 2.05) is 37.3 Å². The van der Waals surface area contributed by atoms with Gasteiger partial charge in [0.25, 0.3) is 0 Å². The van der Waals surface area contributed by atoms with Gasteiger partial charge in [0.15, 0.2) is 0 Å². The molecule has 0 aliphatic carbocycles. The second-order valence-electron chi connectivity index (χ2n) is 5.28. The predicted molar refractivity (Wildman–Crippen MR) is 78.4 cm³/mol. The molecule has 0 saturated heterocycles. The van der Waals surface area contributed by atoms with E-state index in [2.05, 4.69) is 12.2 Å². The van der Waals surface area contributed by atoms with Gasteiger partial charge in [-0.3, -0.25) is 0 Å². The molecular weight excluding hydrogens is 279 g/mol. The summed E-state index contributed by atoms with van der Waals surface area (Å²) in [4.78, 5) is 0. The lowest BCUT2D eigenvalue weighted by atomic mass is 9.78.